The zero-order chi connectivity index (χ0) is 15.8. The van der Waals surface area contributed by atoms with Crippen molar-refractivity contribution in [3.63, 3.8) is 0 Å². The first-order chi connectivity index (χ1) is 10.7. The van der Waals surface area contributed by atoms with Crippen LogP contribution in [0.5, 0.6) is 0 Å². The highest BCUT2D eigenvalue weighted by Crippen LogP contribution is 2.16. The fraction of sp³-hybridized carbons (Fsp3) is 0.278. The van der Waals surface area contributed by atoms with Crippen LogP contribution in [0.4, 0.5) is 5.69 Å². The Balaban J connectivity index is 1.91. The maximum Gasteiger partial charge on any atom is 0.341 e. The van der Waals surface area contributed by atoms with Crippen molar-refractivity contribution in [3.8, 4) is 0 Å². The van der Waals surface area contributed by atoms with Crippen molar-refractivity contribution < 1.29 is 9.90 Å². The number of hydrogen-bond donors (Lipinski definition) is 2. The van der Waals surface area contributed by atoms with E-state index in [1.54, 1.807) is 4.90 Å². The lowest BCUT2D eigenvalue weighted by Crippen LogP contribution is -2.48. The van der Waals surface area contributed by atoms with Gasteiger partial charge in [0.15, 0.2) is 6.17 Å². The lowest BCUT2D eigenvalue weighted by Gasteiger charge is -2.28. The molecule has 1 atom stereocenters. The molecule has 0 radical (unpaired) electrons. The van der Waals surface area contributed by atoms with Crippen LogP contribution in [0.3, 0.4) is 0 Å². The summed E-state index contributed by atoms with van der Waals surface area (Å²) in [6.45, 7) is 0.629. The average Bonchev–Trinajstić information content (AvgIpc) is 2.56. The number of nitrogens with zero attached hydrogens (tertiary/aromatic N) is 1. The van der Waals surface area contributed by atoms with E-state index in [4.69, 9.17) is 5.73 Å². The number of nitrogens with two attached hydrogens (primary N) is 1. The minimum absolute atomic E-state index is 0.629. The molecule has 116 valence electrons. The van der Waals surface area contributed by atoms with Gasteiger partial charge in [0.05, 0.1) is 0 Å². The summed E-state index contributed by atoms with van der Waals surface area (Å²) in [7, 11) is 0. The maximum absolute atomic E-state index is 11.2. The Kier molecular flexibility index (Phi) is 5.98. The molecular weight excluding hydrogens is 276 g/mol. The first-order valence-electron chi connectivity index (χ1n) is 7.52. The van der Waals surface area contributed by atoms with Crippen LogP contribution in [0, 0.1) is 0 Å². The van der Waals surface area contributed by atoms with Crippen LogP contribution in [-0.4, -0.2) is 23.8 Å². The first kappa shape index (κ1) is 16.0. The van der Waals surface area contributed by atoms with Gasteiger partial charge in [0, 0.05) is 12.2 Å². The SMILES string of the molecule is N[C@@H](C(=O)O)N(CCCCc1ccccc1)c1ccccc1. The van der Waals surface area contributed by atoms with Gasteiger partial charge in [0.2, 0.25) is 0 Å². The third-order valence-corrected chi connectivity index (χ3v) is 3.63. The summed E-state index contributed by atoms with van der Waals surface area (Å²) in [5.41, 5.74) is 7.96. The molecule has 0 aliphatic carbocycles. The summed E-state index contributed by atoms with van der Waals surface area (Å²) in [6.07, 6.45) is 1.87. The van der Waals surface area contributed by atoms with Gasteiger partial charge in [-0.05, 0) is 37.0 Å². The molecule has 0 fully saturated rings. The molecule has 0 spiro atoms. The predicted octanol–water partition coefficient (Wildman–Crippen LogP) is 2.89. The molecule has 4 nitrogen and oxygen atoms in total. The van der Waals surface area contributed by atoms with E-state index in [0.717, 1.165) is 24.9 Å². The van der Waals surface area contributed by atoms with E-state index in [9.17, 15) is 9.90 Å². The minimum Gasteiger partial charge on any atom is -0.479 e. The molecule has 4 heteroatoms. The molecule has 0 saturated heterocycles. The van der Waals surface area contributed by atoms with E-state index in [-0.39, 0.29) is 0 Å². The smallest absolute Gasteiger partial charge is 0.341 e. The topological polar surface area (TPSA) is 66.6 Å². The van der Waals surface area contributed by atoms with Crippen molar-refractivity contribution in [2.24, 2.45) is 5.73 Å². The number of unbranched alkanes of at least 4 members (excludes halogenated alkanes) is 1. The van der Waals surface area contributed by atoms with E-state index in [1.807, 2.05) is 48.5 Å². The minimum atomic E-state index is -1.01. The molecule has 3 N–H and O–H groups in total. The van der Waals surface area contributed by atoms with Crippen molar-refractivity contribution in [2.75, 3.05) is 11.4 Å². The van der Waals surface area contributed by atoms with E-state index in [0.29, 0.717) is 6.54 Å². The van der Waals surface area contributed by atoms with Crippen molar-refractivity contribution >= 4 is 11.7 Å². The summed E-state index contributed by atoms with van der Waals surface area (Å²) >= 11 is 0. The zero-order valence-corrected chi connectivity index (χ0v) is 12.6. The molecule has 2 rings (SSSR count). The van der Waals surface area contributed by atoms with Crippen molar-refractivity contribution in [3.05, 3.63) is 66.2 Å². The van der Waals surface area contributed by atoms with Crippen molar-refractivity contribution in [1.82, 2.24) is 0 Å². The van der Waals surface area contributed by atoms with Crippen LogP contribution in [0.2, 0.25) is 0 Å². The first-order valence-corrected chi connectivity index (χ1v) is 7.52. The summed E-state index contributed by atoms with van der Waals surface area (Å²) in [6, 6.07) is 19.8. The van der Waals surface area contributed by atoms with Gasteiger partial charge < -0.3 is 15.7 Å². The quantitative estimate of drug-likeness (QED) is 0.581. The highest BCUT2D eigenvalue weighted by molar-refractivity contribution is 5.77. The number of aryl methyl sites for hydroxylation is 1. The van der Waals surface area contributed by atoms with Gasteiger partial charge >= 0.3 is 5.97 Å². The Morgan fingerprint density at radius 1 is 1.00 bits per heavy atom. The van der Waals surface area contributed by atoms with Crippen molar-refractivity contribution in [2.45, 2.75) is 25.4 Å². The Morgan fingerprint density at radius 3 is 2.18 bits per heavy atom. The Hall–Kier alpha value is -2.33. The molecular formula is C18H22N2O2. The monoisotopic (exact) mass is 298 g/mol. The molecule has 0 aliphatic rings. The maximum atomic E-state index is 11.2. The summed E-state index contributed by atoms with van der Waals surface area (Å²) in [5, 5.41) is 9.18. The lowest BCUT2D eigenvalue weighted by atomic mass is 10.1. The number of carbonyl (C=O) groups is 1. The standard InChI is InChI=1S/C18H22N2O2/c19-17(18(21)22)20(16-12-5-2-6-13-16)14-8-7-11-15-9-3-1-4-10-15/h1-6,9-10,12-13,17H,7-8,11,14,19H2,(H,21,22)/t17-/m1/s1. The summed E-state index contributed by atoms with van der Waals surface area (Å²) in [4.78, 5) is 12.9. The number of carboxylic acid groups (broad SMARTS) is 1. The third kappa shape index (κ3) is 4.60. The van der Waals surface area contributed by atoms with Crippen LogP contribution in [0.1, 0.15) is 18.4 Å². The molecule has 0 saturated carbocycles. The highest BCUT2D eigenvalue weighted by atomic mass is 16.4. The van der Waals surface area contributed by atoms with E-state index in [1.165, 1.54) is 5.56 Å². The van der Waals surface area contributed by atoms with E-state index < -0.39 is 12.1 Å². The Morgan fingerprint density at radius 2 is 1.59 bits per heavy atom. The third-order valence-electron chi connectivity index (χ3n) is 3.63. The van der Waals surface area contributed by atoms with Gasteiger partial charge in [-0.1, -0.05) is 48.5 Å². The molecule has 2 aromatic rings. The number of benzene rings is 2. The van der Waals surface area contributed by atoms with Crippen LogP contribution < -0.4 is 10.6 Å². The molecule has 22 heavy (non-hydrogen) atoms. The van der Waals surface area contributed by atoms with Gasteiger partial charge in [0.25, 0.3) is 0 Å². The number of aliphatic carboxylic acids is 1. The Labute approximate surface area is 131 Å². The predicted molar refractivity (Wildman–Crippen MR) is 88.8 cm³/mol. The fourth-order valence-electron chi connectivity index (χ4n) is 2.44. The van der Waals surface area contributed by atoms with Gasteiger partial charge in [-0.15, -0.1) is 0 Å². The molecule has 0 heterocycles. The second kappa shape index (κ2) is 8.20. The summed E-state index contributed by atoms with van der Waals surface area (Å²) in [5.74, 6) is -1.01. The number of hydrogen-bond acceptors (Lipinski definition) is 3. The normalized spacial score (nSPS) is 11.9. The van der Waals surface area contributed by atoms with Gasteiger partial charge in [-0.3, -0.25) is 0 Å². The molecule has 0 amide bonds. The number of anilines is 1. The van der Waals surface area contributed by atoms with Gasteiger partial charge in [-0.25, -0.2) is 4.79 Å². The van der Waals surface area contributed by atoms with Crippen LogP contribution in [0.15, 0.2) is 60.7 Å². The average molecular weight is 298 g/mol. The molecule has 0 unspecified atom stereocenters. The molecule has 0 aromatic heterocycles. The highest BCUT2D eigenvalue weighted by Gasteiger charge is 2.20. The number of rotatable bonds is 8. The molecule has 2 aromatic carbocycles. The second-order valence-corrected chi connectivity index (χ2v) is 5.25. The lowest BCUT2D eigenvalue weighted by molar-refractivity contribution is -0.138. The van der Waals surface area contributed by atoms with Crippen LogP contribution >= 0.6 is 0 Å². The summed E-state index contributed by atoms with van der Waals surface area (Å²) < 4.78 is 0. The number of para-hydroxylation sites is 1. The van der Waals surface area contributed by atoms with Crippen molar-refractivity contribution in [1.29, 1.82) is 0 Å². The zero-order valence-electron chi connectivity index (χ0n) is 12.6. The van der Waals surface area contributed by atoms with Crippen LogP contribution in [0.25, 0.3) is 0 Å². The Bertz CT molecular complexity index is 572. The molecule has 0 bridgehead atoms. The second-order valence-electron chi connectivity index (χ2n) is 5.25. The van der Waals surface area contributed by atoms with Gasteiger partial charge in [-0.2, -0.15) is 0 Å². The van der Waals surface area contributed by atoms with E-state index in [2.05, 4.69) is 12.1 Å². The van der Waals surface area contributed by atoms with Crippen LogP contribution in [-0.2, 0) is 11.2 Å². The van der Waals surface area contributed by atoms with Gasteiger partial charge in [0.1, 0.15) is 0 Å². The van der Waals surface area contributed by atoms with E-state index >= 15 is 0 Å². The fourth-order valence-corrected chi connectivity index (χ4v) is 2.44. The molecule has 0 aliphatic heterocycles. The number of carboxylic acids is 1. The largest absolute Gasteiger partial charge is 0.479 e.